The highest BCUT2D eigenvalue weighted by molar-refractivity contribution is 5.99. The number of fused-ring (bicyclic) bond motifs is 2. The Hall–Kier alpha value is -3.30. The number of aryl methyl sites for hydroxylation is 2. The van der Waals surface area contributed by atoms with E-state index in [1.165, 1.54) is 23.7 Å². The molecule has 5 heterocycles. The van der Waals surface area contributed by atoms with E-state index in [2.05, 4.69) is 25.3 Å². The lowest BCUT2D eigenvalue weighted by Crippen LogP contribution is -2.13. The summed E-state index contributed by atoms with van der Waals surface area (Å²) in [7, 11) is 0. The molecule has 0 aromatic carbocycles. The van der Waals surface area contributed by atoms with Crippen LogP contribution in [0.5, 0.6) is 0 Å². The van der Waals surface area contributed by atoms with Gasteiger partial charge < -0.3 is 0 Å². The van der Waals surface area contributed by atoms with E-state index in [1.54, 1.807) is 6.92 Å². The van der Waals surface area contributed by atoms with Gasteiger partial charge >= 0.3 is 0 Å². The van der Waals surface area contributed by atoms with Gasteiger partial charge in [-0.05, 0) is 26.0 Å². The maximum Gasteiger partial charge on any atom is 0.256 e. The Balaban J connectivity index is 1.67. The molecule has 1 spiro atoms. The van der Waals surface area contributed by atoms with E-state index in [4.69, 9.17) is 0 Å². The number of alkyl halides is 2. The summed E-state index contributed by atoms with van der Waals surface area (Å²) in [5, 5.41) is 12.0. The maximum absolute atomic E-state index is 15.6. The maximum atomic E-state index is 15.6. The Bertz CT molecular complexity index is 1390. The minimum Gasteiger partial charge on any atom is -0.267 e. The number of hydrogen-bond acceptors (Lipinski definition) is 4. The van der Waals surface area contributed by atoms with Crippen molar-refractivity contribution >= 4 is 11.0 Å². The van der Waals surface area contributed by atoms with Crippen molar-refractivity contribution in [2.45, 2.75) is 39.2 Å². The Morgan fingerprint density at radius 2 is 1.87 bits per heavy atom. The second-order valence-electron chi connectivity index (χ2n) is 8.45. The number of aromatic amines is 1. The molecule has 0 radical (unpaired) electrons. The highest BCUT2D eigenvalue weighted by Gasteiger charge is 2.73. The van der Waals surface area contributed by atoms with Gasteiger partial charge in [-0.2, -0.15) is 10.2 Å². The first-order valence-electron chi connectivity index (χ1n) is 9.81. The molecule has 6 rings (SSSR count). The molecule has 1 saturated carbocycles. The molecule has 2 aliphatic rings. The molecule has 4 aromatic heterocycles. The van der Waals surface area contributed by atoms with Crippen molar-refractivity contribution in [1.29, 1.82) is 0 Å². The molecule has 1 aliphatic heterocycles. The van der Waals surface area contributed by atoms with Crippen LogP contribution in [0.25, 0.3) is 33.5 Å². The molecule has 1 fully saturated rings. The number of nitrogens with one attached hydrogen (secondary N) is 1. The molecule has 158 valence electrons. The Labute approximate surface area is 173 Å². The highest BCUT2D eigenvalue weighted by atomic mass is 19.3. The molecular formula is C21H16F4N6. The lowest BCUT2D eigenvalue weighted by Gasteiger charge is -2.12. The molecular weight excluding hydrogens is 412 g/mol. The van der Waals surface area contributed by atoms with Gasteiger partial charge in [0.15, 0.2) is 11.5 Å². The van der Waals surface area contributed by atoms with Crippen molar-refractivity contribution in [2.75, 3.05) is 0 Å². The van der Waals surface area contributed by atoms with Crippen molar-refractivity contribution in [3.05, 3.63) is 47.0 Å². The number of H-pyrrole nitrogens is 1. The van der Waals surface area contributed by atoms with Crippen molar-refractivity contribution in [1.82, 2.24) is 29.9 Å². The van der Waals surface area contributed by atoms with E-state index in [0.717, 1.165) is 6.20 Å². The minimum absolute atomic E-state index is 0.0444. The van der Waals surface area contributed by atoms with Crippen LogP contribution in [0.3, 0.4) is 0 Å². The summed E-state index contributed by atoms with van der Waals surface area (Å²) in [6.45, 7) is 3.29. The molecule has 0 saturated heterocycles. The highest BCUT2D eigenvalue weighted by Crippen LogP contribution is 2.66. The van der Waals surface area contributed by atoms with Gasteiger partial charge in [0, 0.05) is 29.7 Å². The molecule has 1 aliphatic carbocycles. The summed E-state index contributed by atoms with van der Waals surface area (Å²) in [4.78, 5) is 8.34. The monoisotopic (exact) mass is 428 g/mol. The van der Waals surface area contributed by atoms with Crippen LogP contribution in [0.15, 0.2) is 18.3 Å². The van der Waals surface area contributed by atoms with E-state index in [9.17, 15) is 13.2 Å². The van der Waals surface area contributed by atoms with Crippen LogP contribution in [0.2, 0.25) is 0 Å². The lowest BCUT2D eigenvalue weighted by atomic mass is 9.93. The number of aromatic nitrogens is 6. The number of rotatable bonds is 2. The van der Waals surface area contributed by atoms with Crippen LogP contribution in [0.1, 0.15) is 23.5 Å². The van der Waals surface area contributed by atoms with E-state index in [1.807, 2.05) is 0 Å². The third-order valence-electron chi connectivity index (χ3n) is 6.44. The Morgan fingerprint density at radius 1 is 1.10 bits per heavy atom. The third kappa shape index (κ3) is 2.38. The van der Waals surface area contributed by atoms with Gasteiger partial charge in [-0.25, -0.2) is 22.5 Å². The average Bonchev–Trinajstić information content (AvgIpc) is 3.07. The first-order chi connectivity index (χ1) is 14.7. The summed E-state index contributed by atoms with van der Waals surface area (Å²) < 4.78 is 58.9. The molecule has 10 heteroatoms. The van der Waals surface area contributed by atoms with Crippen molar-refractivity contribution in [2.24, 2.45) is 5.41 Å². The largest absolute Gasteiger partial charge is 0.267 e. The van der Waals surface area contributed by atoms with Gasteiger partial charge in [-0.3, -0.25) is 14.8 Å². The van der Waals surface area contributed by atoms with Gasteiger partial charge in [-0.1, -0.05) is 0 Å². The van der Waals surface area contributed by atoms with Gasteiger partial charge in [0.05, 0.1) is 40.6 Å². The molecule has 31 heavy (non-hydrogen) atoms. The number of nitrogens with zero attached hydrogens (tertiary/aromatic N) is 5. The smallest absolute Gasteiger partial charge is 0.256 e. The SMILES string of the molecule is Cc1nc2[nH]nc(C)c2c(-c2c(-c3ccc(F)cn3)nn3c2C[C@@]2(C3)CC2(F)F)c1F. The van der Waals surface area contributed by atoms with Crippen LogP contribution < -0.4 is 0 Å². The van der Waals surface area contributed by atoms with Crippen LogP contribution in [0.4, 0.5) is 17.6 Å². The van der Waals surface area contributed by atoms with E-state index < -0.39 is 23.0 Å². The van der Waals surface area contributed by atoms with Crippen LogP contribution in [-0.4, -0.2) is 35.9 Å². The summed E-state index contributed by atoms with van der Waals surface area (Å²) in [6.07, 6.45) is 0.903. The average molecular weight is 428 g/mol. The Morgan fingerprint density at radius 3 is 2.55 bits per heavy atom. The van der Waals surface area contributed by atoms with Crippen molar-refractivity contribution in [3.8, 4) is 22.5 Å². The Kier molecular flexibility index (Phi) is 3.39. The predicted molar refractivity (Wildman–Crippen MR) is 103 cm³/mol. The molecule has 1 N–H and O–H groups in total. The fourth-order valence-electron chi connectivity index (χ4n) is 4.71. The van der Waals surface area contributed by atoms with Crippen molar-refractivity contribution in [3.63, 3.8) is 0 Å². The molecule has 1 atom stereocenters. The second kappa shape index (κ2) is 5.68. The standard InChI is InChI=1S/C21H16F4N6/c1-9-14-16(17(23)10(2)27-19(14)29-28-9)15-13-5-20(7-21(20,24)25)8-31(13)30-18(15)12-4-3-11(22)6-26-12/h3-4,6H,5,7-8H2,1-2H3,(H,27,28,29)/t20-/m0/s1. The normalized spacial score (nSPS) is 21.2. The van der Waals surface area contributed by atoms with Gasteiger partial charge in [-0.15, -0.1) is 0 Å². The molecule has 4 aromatic rings. The second-order valence-corrected chi connectivity index (χ2v) is 8.45. The fourth-order valence-corrected chi connectivity index (χ4v) is 4.71. The zero-order valence-corrected chi connectivity index (χ0v) is 16.6. The van der Waals surface area contributed by atoms with Gasteiger partial charge in [0.25, 0.3) is 5.92 Å². The number of pyridine rings is 2. The zero-order chi connectivity index (χ0) is 21.7. The van der Waals surface area contributed by atoms with Crippen LogP contribution >= 0.6 is 0 Å². The quantitative estimate of drug-likeness (QED) is 0.482. The lowest BCUT2D eigenvalue weighted by molar-refractivity contribution is 0.0630. The fraction of sp³-hybridized carbons (Fsp3) is 0.333. The summed E-state index contributed by atoms with van der Waals surface area (Å²) in [5.74, 6) is -3.86. The molecule has 6 nitrogen and oxygen atoms in total. The predicted octanol–water partition coefficient (Wildman–Crippen LogP) is 4.36. The topological polar surface area (TPSA) is 72.3 Å². The van der Waals surface area contributed by atoms with Crippen LogP contribution in [-0.2, 0) is 13.0 Å². The summed E-state index contributed by atoms with van der Waals surface area (Å²) in [5.41, 5.74) is 1.65. The molecule has 0 amide bonds. The summed E-state index contributed by atoms with van der Waals surface area (Å²) in [6, 6.07) is 2.68. The zero-order valence-electron chi connectivity index (χ0n) is 16.6. The van der Waals surface area contributed by atoms with Crippen LogP contribution in [0, 0.1) is 30.9 Å². The first kappa shape index (κ1) is 18.5. The van der Waals surface area contributed by atoms with E-state index in [0.29, 0.717) is 39.4 Å². The van der Waals surface area contributed by atoms with E-state index in [-0.39, 0.29) is 30.6 Å². The third-order valence-corrected chi connectivity index (χ3v) is 6.44. The summed E-state index contributed by atoms with van der Waals surface area (Å²) >= 11 is 0. The van der Waals surface area contributed by atoms with Gasteiger partial charge in [0.2, 0.25) is 0 Å². The minimum atomic E-state index is -2.77. The van der Waals surface area contributed by atoms with Gasteiger partial charge in [0.1, 0.15) is 11.5 Å². The number of halogens is 4. The first-order valence-corrected chi connectivity index (χ1v) is 9.81. The molecule has 0 unspecified atom stereocenters. The molecule has 0 bridgehead atoms. The number of hydrogen-bond donors (Lipinski definition) is 1. The van der Waals surface area contributed by atoms with E-state index >= 15 is 4.39 Å². The van der Waals surface area contributed by atoms with Crippen molar-refractivity contribution < 1.29 is 17.6 Å².